The molecule has 4 heteroatoms. The van der Waals surface area contributed by atoms with Crippen LogP contribution in [0.5, 0.6) is 0 Å². The summed E-state index contributed by atoms with van der Waals surface area (Å²) in [6.45, 7) is 0. The maximum atomic E-state index is 7.13. The molecular weight excluding hydrogens is 851 g/mol. The zero-order valence-electron chi connectivity index (χ0n) is 38.2. The van der Waals surface area contributed by atoms with Crippen LogP contribution in [0.4, 0.5) is 34.1 Å². The third-order valence-corrected chi connectivity index (χ3v) is 13.6. The van der Waals surface area contributed by atoms with Gasteiger partial charge in [-0.05, 0) is 130 Å². The quantitative estimate of drug-likeness (QED) is 0.137. The summed E-state index contributed by atoms with van der Waals surface area (Å²) in [7, 11) is 0. The molecule has 4 nitrogen and oxygen atoms in total. The number of aromatic nitrogens is 1. The second-order valence-corrected chi connectivity index (χ2v) is 17.7. The summed E-state index contributed by atoms with van der Waals surface area (Å²) in [6, 6.07) is 97.7. The fourth-order valence-electron chi connectivity index (χ4n) is 10.2. The molecule has 0 spiro atoms. The summed E-state index contributed by atoms with van der Waals surface area (Å²) < 4.78 is 9.51. The zero-order valence-corrected chi connectivity index (χ0v) is 38.2. The highest BCUT2D eigenvalue weighted by atomic mass is 16.3. The molecule has 0 atom stereocenters. The van der Waals surface area contributed by atoms with Crippen LogP contribution in [0.1, 0.15) is 0 Å². The second-order valence-electron chi connectivity index (χ2n) is 17.7. The maximum absolute atomic E-state index is 7.13. The lowest BCUT2D eigenvalue weighted by Crippen LogP contribution is -2.13. The number of anilines is 6. The highest BCUT2D eigenvalue weighted by molar-refractivity contribution is 6.14. The third-order valence-electron chi connectivity index (χ3n) is 13.6. The largest absolute Gasteiger partial charge is 0.454 e. The summed E-state index contributed by atoms with van der Waals surface area (Å²) in [5.41, 5.74) is 18.1. The van der Waals surface area contributed by atoms with E-state index in [0.717, 1.165) is 78.4 Å². The van der Waals surface area contributed by atoms with Crippen molar-refractivity contribution in [2.24, 2.45) is 0 Å². The Morgan fingerprint density at radius 2 is 0.729 bits per heavy atom. The average Bonchev–Trinajstić information content (AvgIpc) is 3.98. The van der Waals surface area contributed by atoms with E-state index < -0.39 is 0 Å². The average molecular weight is 896 g/mol. The topological polar surface area (TPSA) is 24.6 Å². The van der Waals surface area contributed by atoms with Gasteiger partial charge < -0.3 is 18.8 Å². The number of furan rings is 1. The van der Waals surface area contributed by atoms with Crippen LogP contribution in [0.3, 0.4) is 0 Å². The van der Waals surface area contributed by atoms with Crippen LogP contribution in [0.15, 0.2) is 277 Å². The third kappa shape index (κ3) is 7.27. The maximum Gasteiger partial charge on any atom is 0.159 e. The minimum Gasteiger partial charge on any atom is -0.454 e. The van der Waals surface area contributed by atoms with Crippen molar-refractivity contribution in [3.63, 3.8) is 0 Å². The molecule has 330 valence electrons. The summed E-state index contributed by atoms with van der Waals surface area (Å²) in [6.07, 6.45) is 0. The highest BCUT2D eigenvalue weighted by Gasteiger charge is 2.24. The second kappa shape index (κ2) is 17.4. The Labute approximate surface area is 406 Å². The van der Waals surface area contributed by atoms with Crippen molar-refractivity contribution < 1.29 is 4.42 Å². The highest BCUT2D eigenvalue weighted by Crippen LogP contribution is 2.48. The van der Waals surface area contributed by atoms with Crippen LogP contribution in [-0.4, -0.2) is 4.57 Å². The van der Waals surface area contributed by atoms with Crippen molar-refractivity contribution in [2.75, 3.05) is 9.80 Å². The first-order valence-electron chi connectivity index (χ1n) is 23.8. The van der Waals surface area contributed by atoms with Crippen LogP contribution in [0.25, 0.3) is 82.8 Å². The van der Waals surface area contributed by atoms with E-state index in [4.69, 9.17) is 4.42 Å². The SMILES string of the molecule is c1ccc(-c2ccc(N(c3ccccc3)c3cc(N(c4ccccc4)c4ccc(-c5ccccc5)cc4)c4oc5ccc(-c6ccc7c8ccccc8n(-c8ccccc8)c7c6)cc5c4c3)cc2)cc1. The van der Waals surface area contributed by atoms with Gasteiger partial charge in [0.1, 0.15) is 5.58 Å². The summed E-state index contributed by atoms with van der Waals surface area (Å²) >= 11 is 0. The Morgan fingerprint density at radius 3 is 1.36 bits per heavy atom. The molecule has 0 saturated carbocycles. The normalized spacial score (nSPS) is 11.4. The van der Waals surface area contributed by atoms with E-state index in [1.807, 2.05) is 0 Å². The number of nitrogens with zero attached hydrogens (tertiary/aromatic N) is 3. The molecule has 0 unspecified atom stereocenters. The van der Waals surface area contributed by atoms with Gasteiger partial charge in [-0.2, -0.15) is 0 Å². The Morgan fingerprint density at radius 1 is 0.271 bits per heavy atom. The van der Waals surface area contributed by atoms with Crippen LogP contribution < -0.4 is 9.80 Å². The molecule has 0 aliphatic heterocycles. The smallest absolute Gasteiger partial charge is 0.159 e. The first-order valence-corrected chi connectivity index (χ1v) is 23.8. The minimum absolute atomic E-state index is 0.805. The van der Waals surface area contributed by atoms with E-state index in [0.29, 0.717) is 0 Å². The van der Waals surface area contributed by atoms with Gasteiger partial charge in [0, 0.05) is 55.7 Å². The molecule has 0 saturated heterocycles. The van der Waals surface area contributed by atoms with Gasteiger partial charge in [-0.3, -0.25) is 0 Å². The van der Waals surface area contributed by atoms with Gasteiger partial charge in [0.05, 0.1) is 16.7 Å². The van der Waals surface area contributed by atoms with Crippen molar-refractivity contribution in [1.82, 2.24) is 4.57 Å². The van der Waals surface area contributed by atoms with E-state index >= 15 is 0 Å². The number of para-hydroxylation sites is 4. The molecule has 0 aliphatic rings. The van der Waals surface area contributed by atoms with Crippen LogP contribution >= 0.6 is 0 Å². The van der Waals surface area contributed by atoms with Crippen LogP contribution in [0, 0.1) is 0 Å². The molecule has 0 amide bonds. The van der Waals surface area contributed by atoms with E-state index in [2.05, 4.69) is 287 Å². The Hall–Kier alpha value is -9.38. The molecule has 0 radical (unpaired) electrons. The van der Waals surface area contributed by atoms with Gasteiger partial charge in [0.25, 0.3) is 0 Å². The molecular formula is C66H45N3O. The molecule has 70 heavy (non-hydrogen) atoms. The fraction of sp³-hybridized carbons (Fsp3) is 0. The van der Waals surface area contributed by atoms with E-state index in [1.54, 1.807) is 0 Å². The lowest BCUT2D eigenvalue weighted by Gasteiger charge is -2.29. The fourth-order valence-corrected chi connectivity index (χ4v) is 10.2. The van der Waals surface area contributed by atoms with E-state index in [9.17, 15) is 0 Å². The predicted octanol–water partition coefficient (Wildman–Crippen LogP) is 18.6. The van der Waals surface area contributed by atoms with Crippen LogP contribution in [-0.2, 0) is 0 Å². The molecule has 13 rings (SSSR count). The minimum atomic E-state index is 0.805. The van der Waals surface area contributed by atoms with Crippen molar-refractivity contribution in [3.05, 3.63) is 273 Å². The first-order chi connectivity index (χ1) is 34.7. The molecule has 0 aliphatic carbocycles. The number of hydrogen-bond donors (Lipinski definition) is 0. The van der Waals surface area contributed by atoms with Gasteiger partial charge in [0.2, 0.25) is 0 Å². The predicted molar refractivity (Wildman–Crippen MR) is 294 cm³/mol. The lowest BCUT2D eigenvalue weighted by atomic mass is 10.00. The van der Waals surface area contributed by atoms with E-state index in [1.165, 1.54) is 38.5 Å². The number of fused-ring (bicyclic) bond motifs is 6. The molecule has 11 aromatic carbocycles. The van der Waals surface area contributed by atoms with E-state index in [-0.39, 0.29) is 0 Å². The molecule has 13 aromatic rings. The number of benzene rings is 11. The molecule has 0 bridgehead atoms. The molecule has 0 fully saturated rings. The van der Waals surface area contributed by atoms with Crippen molar-refractivity contribution in [1.29, 1.82) is 0 Å². The van der Waals surface area contributed by atoms with Crippen LogP contribution in [0.2, 0.25) is 0 Å². The summed E-state index contributed by atoms with van der Waals surface area (Å²) in [5.74, 6) is 0. The standard InChI is InChI=1S/C66H45N3O/c1-6-18-46(19-7-1)48-30-36-55(37-31-48)67(52-22-10-3-11-23-52)57-44-61-60-42-50(51-34-40-59-58-28-16-17-29-62(58)69(63(59)43-51)54-26-14-5-15-27-54)35-41-65(60)70-66(61)64(45-57)68(53-24-12-4-13-25-53)56-38-32-49(33-39-56)47-20-8-2-9-21-47/h1-45H. The molecule has 0 N–H and O–H groups in total. The van der Waals surface area contributed by atoms with Crippen molar-refractivity contribution >= 4 is 77.9 Å². The van der Waals surface area contributed by atoms with Crippen molar-refractivity contribution in [2.45, 2.75) is 0 Å². The Bertz CT molecular complexity index is 3960. The molecule has 2 aromatic heterocycles. The Kier molecular flexibility index (Phi) is 10.1. The van der Waals surface area contributed by atoms with Gasteiger partial charge in [-0.25, -0.2) is 0 Å². The van der Waals surface area contributed by atoms with Gasteiger partial charge >= 0.3 is 0 Å². The summed E-state index contributed by atoms with van der Waals surface area (Å²) in [5, 5.41) is 4.52. The lowest BCUT2D eigenvalue weighted by molar-refractivity contribution is 0.669. The Balaban J connectivity index is 1.04. The monoisotopic (exact) mass is 895 g/mol. The summed E-state index contributed by atoms with van der Waals surface area (Å²) in [4.78, 5) is 4.69. The van der Waals surface area contributed by atoms with Gasteiger partial charge in [-0.1, -0.05) is 176 Å². The van der Waals surface area contributed by atoms with Crippen molar-refractivity contribution in [3.8, 4) is 39.1 Å². The zero-order chi connectivity index (χ0) is 46.4. The van der Waals surface area contributed by atoms with Gasteiger partial charge in [0.15, 0.2) is 5.58 Å². The number of hydrogen-bond acceptors (Lipinski definition) is 3. The number of rotatable bonds is 10. The van der Waals surface area contributed by atoms with Gasteiger partial charge in [-0.15, -0.1) is 0 Å². The first kappa shape index (κ1) is 40.9. The molecule has 2 heterocycles.